The highest BCUT2D eigenvalue weighted by Gasteiger charge is 2.42. The van der Waals surface area contributed by atoms with Crippen molar-refractivity contribution in [3.05, 3.63) is 120 Å². The number of rotatable bonds is 4. The predicted molar refractivity (Wildman–Crippen MR) is 133 cm³/mol. The molecular formula is C29H30Si. The molecule has 0 aliphatic rings. The van der Waals surface area contributed by atoms with Gasteiger partial charge in [0.15, 0.2) is 8.07 Å². The summed E-state index contributed by atoms with van der Waals surface area (Å²) >= 11 is 0. The monoisotopic (exact) mass is 406 g/mol. The first-order chi connectivity index (χ1) is 14.4. The molecule has 0 fully saturated rings. The van der Waals surface area contributed by atoms with Gasteiger partial charge in [-0.1, -0.05) is 136 Å². The second-order valence-corrected chi connectivity index (χ2v) is 12.9. The van der Waals surface area contributed by atoms with Crippen molar-refractivity contribution in [2.24, 2.45) is 0 Å². The quantitative estimate of drug-likeness (QED) is 0.341. The van der Waals surface area contributed by atoms with Crippen molar-refractivity contribution in [2.75, 3.05) is 0 Å². The van der Waals surface area contributed by atoms with Crippen LogP contribution in [-0.2, 0) is 5.41 Å². The maximum atomic E-state index is 2.39. The van der Waals surface area contributed by atoms with E-state index in [-0.39, 0.29) is 5.41 Å². The number of hydrogen-bond acceptors (Lipinski definition) is 0. The molecule has 0 amide bonds. The zero-order valence-corrected chi connectivity index (χ0v) is 19.4. The summed E-state index contributed by atoms with van der Waals surface area (Å²) in [5, 5.41) is 5.75. The maximum Gasteiger partial charge on any atom is 0.179 e. The summed E-state index contributed by atoms with van der Waals surface area (Å²) in [4.78, 5) is 0. The van der Waals surface area contributed by atoms with Gasteiger partial charge in [0.1, 0.15) is 0 Å². The zero-order valence-electron chi connectivity index (χ0n) is 18.4. The Kier molecular flexibility index (Phi) is 5.49. The number of hydrogen-bond donors (Lipinski definition) is 0. The lowest BCUT2D eigenvalue weighted by Crippen LogP contribution is -2.75. The summed E-state index contributed by atoms with van der Waals surface area (Å²) in [5.41, 5.74) is 2.88. The van der Waals surface area contributed by atoms with Crippen LogP contribution < -0.4 is 20.7 Å². The molecular weight excluding hydrogens is 376 g/mol. The van der Waals surface area contributed by atoms with Crippen molar-refractivity contribution in [3.63, 3.8) is 0 Å². The predicted octanol–water partition coefficient (Wildman–Crippen LogP) is 4.67. The average molecular weight is 407 g/mol. The van der Waals surface area contributed by atoms with E-state index < -0.39 is 8.07 Å². The molecule has 0 aliphatic heterocycles. The Bertz CT molecular complexity index is 1060. The van der Waals surface area contributed by atoms with Crippen LogP contribution in [0.25, 0.3) is 0 Å². The van der Waals surface area contributed by atoms with Gasteiger partial charge >= 0.3 is 0 Å². The molecule has 4 aromatic carbocycles. The van der Waals surface area contributed by atoms with Crippen LogP contribution in [0, 0.1) is 6.92 Å². The lowest BCUT2D eigenvalue weighted by atomic mass is 9.87. The van der Waals surface area contributed by atoms with Gasteiger partial charge in [-0.15, -0.1) is 0 Å². The molecule has 0 atom stereocenters. The van der Waals surface area contributed by atoms with E-state index in [0.29, 0.717) is 0 Å². The summed E-state index contributed by atoms with van der Waals surface area (Å²) in [6, 6.07) is 40.7. The van der Waals surface area contributed by atoms with Crippen LogP contribution in [0.15, 0.2) is 109 Å². The summed E-state index contributed by atoms with van der Waals surface area (Å²) in [6.45, 7) is 9.10. The van der Waals surface area contributed by atoms with Gasteiger partial charge in [-0.2, -0.15) is 0 Å². The van der Waals surface area contributed by atoms with E-state index in [0.717, 1.165) is 0 Å². The van der Waals surface area contributed by atoms with Gasteiger partial charge < -0.3 is 0 Å². The molecule has 150 valence electrons. The first kappa shape index (κ1) is 20.4. The third-order valence-corrected chi connectivity index (χ3v) is 11.1. The maximum absolute atomic E-state index is 2.43. The Balaban J connectivity index is 2.10. The van der Waals surface area contributed by atoms with Crippen molar-refractivity contribution in [1.29, 1.82) is 0 Å². The smallest absolute Gasteiger partial charge is 0.0623 e. The normalized spacial score (nSPS) is 12.0. The van der Waals surface area contributed by atoms with E-state index in [4.69, 9.17) is 0 Å². The van der Waals surface area contributed by atoms with Gasteiger partial charge in [0.2, 0.25) is 0 Å². The van der Waals surface area contributed by atoms with E-state index in [2.05, 4.69) is 137 Å². The van der Waals surface area contributed by atoms with Crippen molar-refractivity contribution >= 4 is 28.8 Å². The Labute approximate surface area is 182 Å². The summed E-state index contributed by atoms with van der Waals surface area (Å²) in [5.74, 6) is 0. The summed E-state index contributed by atoms with van der Waals surface area (Å²) in [7, 11) is -2.43. The van der Waals surface area contributed by atoms with Gasteiger partial charge in [-0.25, -0.2) is 0 Å². The topological polar surface area (TPSA) is 0 Å². The summed E-state index contributed by atoms with van der Waals surface area (Å²) in [6.07, 6.45) is 0. The molecule has 1 heteroatoms. The minimum Gasteiger partial charge on any atom is -0.0623 e. The molecule has 0 saturated carbocycles. The molecule has 0 saturated heterocycles. The Morgan fingerprint density at radius 1 is 0.500 bits per heavy atom. The van der Waals surface area contributed by atoms with Crippen molar-refractivity contribution in [3.8, 4) is 0 Å². The first-order valence-corrected chi connectivity index (χ1v) is 12.7. The van der Waals surface area contributed by atoms with Crippen molar-refractivity contribution < 1.29 is 0 Å². The van der Waals surface area contributed by atoms with Gasteiger partial charge in [0.25, 0.3) is 0 Å². The molecule has 0 radical (unpaired) electrons. The van der Waals surface area contributed by atoms with E-state index in [9.17, 15) is 0 Å². The SMILES string of the molecule is Cc1ccccc1[Si](c1ccccc1)(c1ccccc1)c1ccc(C(C)(C)C)cc1. The van der Waals surface area contributed by atoms with E-state index in [1.54, 1.807) is 0 Å². The highest BCUT2D eigenvalue weighted by atomic mass is 28.3. The van der Waals surface area contributed by atoms with E-state index in [1.807, 2.05) is 0 Å². The third-order valence-electron chi connectivity index (χ3n) is 6.15. The number of aryl methyl sites for hydroxylation is 1. The molecule has 0 spiro atoms. The molecule has 0 nitrogen and oxygen atoms in total. The van der Waals surface area contributed by atoms with Crippen LogP contribution >= 0.6 is 0 Å². The molecule has 0 unspecified atom stereocenters. The highest BCUT2D eigenvalue weighted by molar-refractivity contribution is 7.20. The van der Waals surface area contributed by atoms with Crippen molar-refractivity contribution in [1.82, 2.24) is 0 Å². The Morgan fingerprint density at radius 2 is 0.933 bits per heavy atom. The van der Waals surface area contributed by atoms with E-state index in [1.165, 1.54) is 31.9 Å². The molecule has 4 rings (SSSR count). The fourth-order valence-electron chi connectivity index (χ4n) is 4.56. The molecule has 0 aromatic heterocycles. The van der Waals surface area contributed by atoms with Gasteiger partial charge in [0, 0.05) is 0 Å². The van der Waals surface area contributed by atoms with Gasteiger partial charge in [-0.05, 0) is 38.6 Å². The van der Waals surface area contributed by atoms with E-state index >= 15 is 0 Å². The molecule has 4 aromatic rings. The minimum absolute atomic E-state index is 0.144. The Hall–Kier alpha value is -2.90. The Morgan fingerprint density at radius 3 is 1.40 bits per heavy atom. The molecule has 0 aliphatic carbocycles. The highest BCUT2D eigenvalue weighted by Crippen LogP contribution is 2.22. The lowest BCUT2D eigenvalue weighted by Gasteiger charge is -2.36. The van der Waals surface area contributed by atoms with Crippen LogP contribution in [0.5, 0.6) is 0 Å². The second-order valence-electron chi connectivity index (χ2n) is 9.12. The third kappa shape index (κ3) is 3.55. The molecule has 0 bridgehead atoms. The lowest BCUT2D eigenvalue weighted by molar-refractivity contribution is 0.590. The molecule has 0 heterocycles. The fourth-order valence-corrected chi connectivity index (χ4v) is 9.56. The summed E-state index contributed by atoms with van der Waals surface area (Å²) < 4.78 is 0. The van der Waals surface area contributed by atoms with Gasteiger partial charge in [0.05, 0.1) is 0 Å². The van der Waals surface area contributed by atoms with Crippen LogP contribution in [0.2, 0.25) is 0 Å². The molecule has 0 N–H and O–H groups in total. The number of benzene rings is 4. The minimum atomic E-state index is -2.43. The standard InChI is InChI=1S/C29H30Si/c1-23-13-11-12-18-28(23)30(25-14-7-5-8-15-25,26-16-9-6-10-17-26)27-21-19-24(20-22-27)29(2,3)4/h5-22H,1-4H3. The van der Waals surface area contributed by atoms with Crippen LogP contribution in [-0.4, -0.2) is 8.07 Å². The second kappa shape index (κ2) is 8.08. The molecule has 30 heavy (non-hydrogen) atoms. The fraction of sp³-hybridized carbons (Fsp3) is 0.172. The largest absolute Gasteiger partial charge is 0.179 e. The van der Waals surface area contributed by atoms with Crippen LogP contribution in [0.3, 0.4) is 0 Å². The first-order valence-electron chi connectivity index (χ1n) is 10.7. The van der Waals surface area contributed by atoms with Crippen LogP contribution in [0.1, 0.15) is 31.9 Å². The van der Waals surface area contributed by atoms with Gasteiger partial charge in [-0.3, -0.25) is 0 Å². The van der Waals surface area contributed by atoms with Crippen molar-refractivity contribution in [2.45, 2.75) is 33.1 Å². The average Bonchev–Trinajstić information content (AvgIpc) is 2.77. The zero-order chi connectivity index (χ0) is 21.2. The van der Waals surface area contributed by atoms with Crippen LogP contribution in [0.4, 0.5) is 0 Å².